The van der Waals surface area contributed by atoms with Gasteiger partial charge in [-0.1, -0.05) is 6.08 Å². The zero-order valence-electron chi connectivity index (χ0n) is 5.93. The molecular weight excluding hydrogens is 166 g/mol. The Morgan fingerprint density at radius 2 is 1.92 bits per heavy atom. The predicted molar refractivity (Wildman–Crippen MR) is 37.0 cm³/mol. The molecule has 0 aromatic rings. The van der Waals surface area contributed by atoms with E-state index in [1.54, 1.807) is 0 Å². The maximum absolute atomic E-state index is 10.8. The molecule has 0 atom stereocenters. The van der Waals surface area contributed by atoms with Gasteiger partial charge in [0, 0.05) is 6.42 Å². The van der Waals surface area contributed by atoms with Crippen LogP contribution < -0.4 is 0 Å². The summed E-state index contributed by atoms with van der Waals surface area (Å²) in [5, 5.41) is 27.9. The second-order valence-electron chi connectivity index (χ2n) is 2.39. The van der Waals surface area contributed by atoms with Gasteiger partial charge < -0.3 is 20.5 Å². The minimum Gasteiger partial charge on any atom is -0.758 e. The lowest BCUT2D eigenvalue weighted by atomic mass is 9.98. The van der Waals surface area contributed by atoms with Gasteiger partial charge in [-0.15, -0.1) is 0 Å². The Labute approximate surface area is 67.3 Å². The standard InChI is InChI=1S/C6H6NO5/c8-4(9)6(5(10)11)2-1-3-7(6)12/h1,3H,2H2,(H,8,9)(H,10,11)/q-1. The molecule has 0 aliphatic carbocycles. The third kappa shape index (κ3) is 0.850. The Balaban J connectivity index is 3.05. The van der Waals surface area contributed by atoms with Gasteiger partial charge in [0.1, 0.15) is 0 Å². The molecular formula is C6H6NO5-. The molecule has 1 aliphatic rings. The predicted octanol–water partition coefficient (Wildman–Crippen LogP) is -0.388. The fraction of sp³-hybridized carbons (Fsp3) is 0.333. The molecule has 1 rings (SSSR count). The molecule has 0 amide bonds. The van der Waals surface area contributed by atoms with Crippen LogP contribution in [0.3, 0.4) is 0 Å². The molecule has 1 heterocycles. The molecule has 0 radical (unpaired) electrons. The highest BCUT2D eigenvalue weighted by Gasteiger charge is 2.48. The summed E-state index contributed by atoms with van der Waals surface area (Å²) < 4.78 is 0. The minimum absolute atomic E-state index is 0.0579. The molecule has 1 aliphatic heterocycles. The summed E-state index contributed by atoms with van der Waals surface area (Å²) in [4.78, 5) is 21.0. The molecule has 66 valence electrons. The van der Waals surface area contributed by atoms with Crippen LogP contribution in [0, 0.1) is 5.21 Å². The van der Waals surface area contributed by atoms with Gasteiger partial charge in [0.2, 0.25) is 5.54 Å². The maximum atomic E-state index is 10.8. The smallest absolute Gasteiger partial charge is 0.340 e. The van der Waals surface area contributed by atoms with Crippen LogP contribution in [0.15, 0.2) is 12.3 Å². The molecule has 6 heteroatoms. The van der Waals surface area contributed by atoms with Crippen LogP contribution in [0.1, 0.15) is 6.42 Å². The average molecular weight is 172 g/mol. The first-order chi connectivity index (χ1) is 5.51. The van der Waals surface area contributed by atoms with Gasteiger partial charge in [-0.2, -0.15) is 0 Å². The third-order valence-corrected chi connectivity index (χ3v) is 1.74. The van der Waals surface area contributed by atoms with Crippen LogP contribution in [0.2, 0.25) is 0 Å². The highest BCUT2D eigenvalue weighted by atomic mass is 16.5. The lowest BCUT2D eigenvalue weighted by Gasteiger charge is -2.36. The van der Waals surface area contributed by atoms with Crippen molar-refractivity contribution in [2.24, 2.45) is 0 Å². The van der Waals surface area contributed by atoms with Crippen molar-refractivity contribution in [3.63, 3.8) is 0 Å². The molecule has 2 N–H and O–H groups in total. The normalized spacial score (nSPS) is 19.6. The fourth-order valence-electron chi connectivity index (χ4n) is 0.991. The van der Waals surface area contributed by atoms with Crippen LogP contribution in [-0.2, 0) is 9.59 Å². The summed E-state index contributed by atoms with van der Waals surface area (Å²) in [5.74, 6) is -3.29. The Bertz CT molecular complexity index is 245. The lowest BCUT2D eigenvalue weighted by molar-refractivity contribution is -0.162. The van der Waals surface area contributed by atoms with E-state index in [1.807, 2.05) is 0 Å². The number of hydrogen-bond acceptors (Lipinski definition) is 4. The Morgan fingerprint density at radius 1 is 1.42 bits per heavy atom. The summed E-state index contributed by atoms with van der Waals surface area (Å²) in [6.07, 6.45) is 1.82. The SMILES string of the molecule is O=C(O)C1(C(=O)O)CC=CN1[O-]. The van der Waals surface area contributed by atoms with Gasteiger partial charge in [-0.05, 0) is 6.20 Å². The van der Waals surface area contributed by atoms with E-state index in [-0.39, 0.29) is 11.5 Å². The van der Waals surface area contributed by atoms with Crippen LogP contribution >= 0.6 is 0 Å². The first kappa shape index (κ1) is 8.54. The van der Waals surface area contributed by atoms with Gasteiger partial charge in [-0.3, -0.25) is 0 Å². The number of aliphatic carboxylic acids is 2. The summed E-state index contributed by atoms with van der Waals surface area (Å²) in [5.41, 5.74) is -2.35. The average Bonchev–Trinajstić information content (AvgIpc) is 2.31. The molecule has 12 heavy (non-hydrogen) atoms. The number of hydroxylamine groups is 2. The summed E-state index contributed by atoms with van der Waals surface area (Å²) in [7, 11) is 0. The molecule has 0 aromatic carbocycles. The van der Waals surface area contributed by atoms with E-state index in [2.05, 4.69) is 0 Å². The van der Waals surface area contributed by atoms with E-state index in [0.29, 0.717) is 0 Å². The summed E-state index contributed by atoms with van der Waals surface area (Å²) >= 11 is 0. The van der Waals surface area contributed by atoms with Crippen molar-refractivity contribution < 1.29 is 19.8 Å². The van der Waals surface area contributed by atoms with Crippen molar-refractivity contribution in [3.8, 4) is 0 Å². The molecule has 0 saturated carbocycles. The number of carbonyl (C=O) groups is 2. The van der Waals surface area contributed by atoms with Gasteiger partial charge in [0.25, 0.3) is 0 Å². The summed E-state index contributed by atoms with van der Waals surface area (Å²) in [6, 6.07) is 0. The van der Waals surface area contributed by atoms with E-state index < -0.39 is 17.5 Å². The van der Waals surface area contributed by atoms with Crippen molar-refractivity contribution in [2.75, 3.05) is 0 Å². The molecule has 0 aromatic heterocycles. The lowest BCUT2D eigenvalue weighted by Crippen LogP contribution is -2.53. The van der Waals surface area contributed by atoms with Gasteiger partial charge >= 0.3 is 11.9 Å². The van der Waals surface area contributed by atoms with Gasteiger partial charge in [0.15, 0.2) is 0 Å². The molecule has 0 saturated heterocycles. The van der Waals surface area contributed by atoms with E-state index in [9.17, 15) is 14.8 Å². The second kappa shape index (κ2) is 2.49. The first-order valence-corrected chi connectivity index (χ1v) is 3.11. The van der Waals surface area contributed by atoms with Crippen molar-refractivity contribution in [1.82, 2.24) is 5.06 Å². The highest BCUT2D eigenvalue weighted by molar-refractivity contribution is 6.04. The monoisotopic (exact) mass is 172 g/mol. The first-order valence-electron chi connectivity index (χ1n) is 3.11. The summed E-state index contributed by atoms with van der Waals surface area (Å²) in [6.45, 7) is 0. The second-order valence-corrected chi connectivity index (χ2v) is 2.39. The number of carboxylic acids is 2. The zero-order chi connectivity index (χ0) is 9.35. The van der Waals surface area contributed by atoms with Crippen molar-refractivity contribution >= 4 is 11.9 Å². The van der Waals surface area contributed by atoms with Gasteiger partial charge in [0.05, 0.1) is 0 Å². The molecule has 0 spiro atoms. The quantitative estimate of drug-likeness (QED) is 0.550. The Hall–Kier alpha value is -1.56. The number of carboxylic acid groups (broad SMARTS) is 2. The van der Waals surface area contributed by atoms with Gasteiger partial charge in [-0.25, -0.2) is 9.59 Å². The van der Waals surface area contributed by atoms with Crippen LogP contribution in [-0.4, -0.2) is 32.8 Å². The van der Waals surface area contributed by atoms with E-state index in [4.69, 9.17) is 10.2 Å². The highest BCUT2D eigenvalue weighted by Crippen LogP contribution is 2.26. The van der Waals surface area contributed by atoms with Crippen LogP contribution in [0.5, 0.6) is 0 Å². The maximum Gasteiger partial charge on any atom is 0.340 e. The zero-order valence-corrected chi connectivity index (χ0v) is 5.93. The van der Waals surface area contributed by atoms with E-state index in [0.717, 1.165) is 6.20 Å². The minimum atomic E-state index is -2.35. The largest absolute Gasteiger partial charge is 0.758 e. The number of rotatable bonds is 2. The topological polar surface area (TPSA) is 101 Å². The van der Waals surface area contributed by atoms with Crippen molar-refractivity contribution in [2.45, 2.75) is 12.0 Å². The van der Waals surface area contributed by atoms with E-state index in [1.165, 1.54) is 6.08 Å². The molecule has 0 fully saturated rings. The molecule has 0 unspecified atom stereocenters. The number of nitrogens with zero attached hydrogens (tertiary/aromatic N) is 1. The van der Waals surface area contributed by atoms with Crippen molar-refractivity contribution in [1.29, 1.82) is 0 Å². The fourth-order valence-corrected chi connectivity index (χ4v) is 0.991. The molecule has 0 bridgehead atoms. The Kier molecular flexibility index (Phi) is 1.77. The third-order valence-electron chi connectivity index (χ3n) is 1.74. The van der Waals surface area contributed by atoms with Crippen molar-refractivity contribution in [3.05, 3.63) is 17.5 Å². The van der Waals surface area contributed by atoms with Crippen LogP contribution in [0.25, 0.3) is 0 Å². The van der Waals surface area contributed by atoms with E-state index >= 15 is 0 Å². The Morgan fingerprint density at radius 3 is 2.08 bits per heavy atom. The van der Waals surface area contributed by atoms with Crippen LogP contribution in [0.4, 0.5) is 0 Å². The molecule has 6 nitrogen and oxygen atoms in total. The number of hydrogen-bond donors (Lipinski definition) is 2.